The van der Waals surface area contributed by atoms with Gasteiger partial charge in [-0.3, -0.25) is 0 Å². The quantitative estimate of drug-likeness (QED) is 0.703. The molecule has 0 aliphatic heterocycles. The smallest absolute Gasteiger partial charge is 0.405 e. The van der Waals surface area contributed by atoms with Gasteiger partial charge >= 0.3 is 12.1 Å². The summed E-state index contributed by atoms with van der Waals surface area (Å²) < 4.78 is 5.09. The zero-order valence-electron chi connectivity index (χ0n) is 9.66. The number of amides is 1. The van der Waals surface area contributed by atoms with Gasteiger partial charge in [-0.1, -0.05) is 13.3 Å². The van der Waals surface area contributed by atoms with Gasteiger partial charge in [0.1, 0.15) is 11.6 Å². The van der Waals surface area contributed by atoms with E-state index in [-0.39, 0.29) is 0 Å². The van der Waals surface area contributed by atoms with Gasteiger partial charge in [0.2, 0.25) is 0 Å². The fourth-order valence-electron chi connectivity index (χ4n) is 1.06. The molecule has 2 N–H and O–H groups in total. The molecule has 0 saturated carbocycles. The predicted octanol–water partition coefficient (Wildman–Crippen LogP) is 1.76. The molecule has 0 aromatic heterocycles. The lowest BCUT2D eigenvalue weighted by atomic mass is 10.1. The van der Waals surface area contributed by atoms with Crippen molar-refractivity contribution in [3.8, 4) is 0 Å². The van der Waals surface area contributed by atoms with E-state index in [4.69, 9.17) is 9.84 Å². The summed E-state index contributed by atoms with van der Waals surface area (Å²) in [6, 6.07) is -0.772. The summed E-state index contributed by atoms with van der Waals surface area (Å²) in [7, 11) is 0. The second kappa shape index (κ2) is 5.58. The summed E-state index contributed by atoms with van der Waals surface area (Å²) in [6.45, 7) is 7.11. The van der Waals surface area contributed by atoms with Crippen LogP contribution in [-0.2, 0) is 9.53 Å². The largest absolute Gasteiger partial charge is 0.465 e. The van der Waals surface area contributed by atoms with Gasteiger partial charge in [-0.15, -0.1) is 0 Å². The maximum Gasteiger partial charge on any atom is 0.405 e. The number of esters is 1. The molecule has 0 unspecified atom stereocenters. The van der Waals surface area contributed by atoms with Crippen LogP contribution >= 0.6 is 0 Å². The van der Waals surface area contributed by atoms with E-state index >= 15 is 0 Å². The summed E-state index contributed by atoms with van der Waals surface area (Å²) in [5, 5.41) is 10.7. The Morgan fingerprint density at radius 3 is 2.27 bits per heavy atom. The Bertz CT molecular complexity index is 232. The monoisotopic (exact) mass is 217 g/mol. The normalized spacial score (nSPS) is 13.1. The number of carboxylic acid groups (broad SMARTS) is 1. The van der Waals surface area contributed by atoms with Crippen LogP contribution in [0.2, 0.25) is 0 Å². The topological polar surface area (TPSA) is 75.6 Å². The lowest BCUT2D eigenvalue weighted by Gasteiger charge is -2.23. The van der Waals surface area contributed by atoms with E-state index in [1.165, 1.54) is 0 Å². The van der Waals surface area contributed by atoms with E-state index in [1.54, 1.807) is 20.8 Å². The highest BCUT2D eigenvalue weighted by Gasteiger charge is 2.25. The molecule has 15 heavy (non-hydrogen) atoms. The van der Waals surface area contributed by atoms with Crippen molar-refractivity contribution in [3.05, 3.63) is 0 Å². The Labute approximate surface area is 89.8 Å². The van der Waals surface area contributed by atoms with Gasteiger partial charge in [-0.2, -0.15) is 0 Å². The van der Waals surface area contributed by atoms with E-state index in [9.17, 15) is 9.59 Å². The molecule has 0 aromatic carbocycles. The molecule has 5 heteroatoms. The zero-order chi connectivity index (χ0) is 12.1. The number of hydrogen-bond acceptors (Lipinski definition) is 3. The van der Waals surface area contributed by atoms with Gasteiger partial charge in [0, 0.05) is 0 Å². The van der Waals surface area contributed by atoms with Crippen LogP contribution in [0, 0.1) is 0 Å². The number of carbonyl (C=O) groups excluding carboxylic acids is 1. The van der Waals surface area contributed by atoms with Crippen molar-refractivity contribution < 1.29 is 19.4 Å². The Kier molecular flexibility index (Phi) is 5.11. The van der Waals surface area contributed by atoms with Gasteiger partial charge < -0.3 is 15.2 Å². The molecule has 0 rings (SSSR count). The molecule has 0 heterocycles. The molecule has 0 spiro atoms. The summed E-state index contributed by atoms with van der Waals surface area (Å²) in [5.74, 6) is -0.522. The fourth-order valence-corrected chi connectivity index (χ4v) is 1.06. The summed E-state index contributed by atoms with van der Waals surface area (Å²) in [6.07, 6.45) is -0.0508. The van der Waals surface area contributed by atoms with E-state index in [1.807, 2.05) is 6.92 Å². The lowest BCUT2D eigenvalue weighted by Crippen LogP contribution is -2.43. The maximum absolute atomic E-state index is 11.5. The summed E-state index contributed by atoms with van der Waals surface area (Å²) in [4.78, 5) is 22.0. The fraction of sp³-hybridized carbons (Fsp3) is 0.800. The second-order valence-corrected chi connectivity index (χ2v) is 4.32. The molecule has 0 aromatic rings. The van der Waals surface area contributed by atoms with Crippen molar-refractivity contribution in [3.63, 3.8) is 0 Å². The second-order valence-electron chi connectivity index (χ2n) is 4.32. The molecule has 0 bridgehead atoms. The van der Waals surface area contributed by atoms with Crippen molar-refractivity contribution >= 4 is 12.1 Å². The van der Waals surface area contributed by atoms with E-state index in [2.05, 4.69) is 5.32 Å². The van der Waals surface area contributed by atoms with Gasteiger partial charge in [0.15, 0.2) is 0 Å². The summed E-state index contributed by atoms with van der Waals surface area (Å²) >= 11 is 0. The number of ether oxygens (including phenoxy) is 1. The first-order valence-electron chi connectivity index (χ1n) is 4.98. The third-order valence-electron chi connectivity index (χ3n) is 1.57. The van der Waals surface area contributed by atoms with E-state index in [0.29, 0.717) is 12.8 Å². The van der Waals surface area contributed by atoms with Crippen LogP contribution in [0.15, 0.2) is 0 Å². The number of hydrogen-bond donors (Lipinski definition) is 2. The first kappa shape index (κ1) is 13.7. The van der Waals surface area contributed by atoms with Crippen LogP contribution in [0.5, 0.6) is 0 Å². The molecule has 1 atom stereocenters. The molecule has 0 radical (unpaired) electrons. The number of carbonyl (C=O) groups is 2. The van der Waals surface area contributed by atoms with Gasteiger partial charge in [0.25, 0.3) is 0 Å². The van der Waals surface area contributed by atoms with Crippen molar-refractivity contribution in [2.75, 3.05) is 0 Å². The van der Waals surface area contributed by atoms with Crippen LogP contribution in [0.1, 0.15) is 40.5 Å². The maximum atomic E-state index is 11.5. The first-order chi connectivity index (χ1) is 6.76. The minimum absolute atomic E-state index is 0.446. The highest BCUT2D eigenvalue weighted by Crippen LogP contribution is 2.10. The van der Waals surface area contributed by atoms with Crippen molar-refractivity contribution in [1.29, 1.82) is 0 Å². The molecule has 0 aliphatic rings. The molecular weight excluding hydrogens is 198 g/mol. The van der Waals surface area contributed by atoms with E-state index in [0.717, 1.165) is 0 Å². The molecule has 0 aliphatic carbocycles. The molecule has 88 valence electrons. The van der Waals surface area contributed by atoms with Crippen LogP contribution < -0.4 is 5.32 Å². The Balaban J connectivity index is 4.35. The zero-order valence-corrected chi connectivity index (χ0v) is 9.66. The minimum atomic E-state index is -1.21. The minimum Gasteiger partial charge on any atom is -0.465 e. The molecular formula is C10H19NO4. The van der Waals surface area contributed by atoms with Crippen molar-refractivity contribution in [2.45, 2.75) is 52.2 Å². The van der Waals surface area contributed by atoms with Crippen LogP contribution in [0.25, 0.3) is 0 Å². The van der Waals surface area contributed by atoms with E-state index < -0.39 is 23.7 Å². The van der Waals surface area contributed by atoms with Crippen LogP contribution in [-0.4, -0.2) is 28.8 Å². The van der Waals surface area contributed by atoms with Crippen molar-refractivity contribution in [2.24, 2.45) is 0 Å². The average molecular weight is 217 g/mol. The predicted molar refractivity (Wildman–Crippen MR) is 55.7 cm³/mol. The Morgan fingerprint density at radius 2 is 1.93 bits per heavy atom. The standard InChI is InChI=1S/C10H19NO4/c1-5-6-7(11-9(13)14)8(12)15-10(2,3)4/h7,11H,5-6H2,1-4H3,(H,13,14)/t7-/m1/s1. The van der Waals surface area contributed by atoms with Gasteiger partial charge in [-0.25, -0.2) is 9.59 Å². The molecule has 0 fully saturated rings. The van der Waals surface area contributed by atoms with Crippen LogP contribution in [0.3, 0.4) is 0 Å². The Hall–Kier alpha value is -1.26. The van der Waals surface area contributed by atoms with Gasteiger partial charge in [0.05, 0.1) is 0 Å². The highest BCUT2D eigenvalue weighted by atomic mass is 16.6. The van der Waals surface area contributed by atoms with Crippen LogP contribution in [0.4, 0.5) is 4.79 Å². The van der Waals surface area contributed by atoms with Gasteiger partial charge in [-0.05, 0) is 27.2 Å². The highest BCUT2D eigenvalue weighted by molar-refractivity contribution is 5.80. The average Bonchev–Trinajstić information content (AvgIpc) is 1.99. The number of nitrogens with one attached hydrogen (secondary N) is 1. The van der Waals surface area contributed by atoms with Crippen molar-refractivity contribution in [1.82, 2.24) is 5.32 Å². The summed E-state index contributed by atoms with van der Waals surface area (Å²) in [5.41, 5.74) is -0.594. The SMILES string of the molecule is CCC[C@@H](NC(=O)O)C(=O)OC(C)(C)C. The first-order valence-corrected chi connectivity index (χ1v) is 4.98. The number of rotatable bonds is 4. The molecule has 1 amide bonds. The Morgan fingerprint density at radius 1 is 1.40 bits per heavy atom. The third-order valence-corrected chi connectivity index (χ3v) is 1.57. The third kappa shape index (κ3) is 6.76. The lowest BCUT2D eigenvalue weighted by molar-refractivity contribution is -0.157. The molecule has 0 saturated heterocycles. The molecule has 5 nitrogen and oxygen atoms in total.